The summed E-state index contributed by atoms with van der Waals surface area (Å²) < 4.78 is 5.42. The number of carboxylic acids is 1. The molecule has 0 aromatic carbocycles. The average Bonchev–Trinajstić information content (AvgIpc) is 2.22. The fourth-order valence-corrected chi connectivity index (χ4v) is 1.76. The lowest BCUT2D eigenvalue weighted by molar-refractivity contribution is -0.145. The van der Waals surface area contributed by atoms with Crippen LogP contribution in [0.4, 0.5) is 0 Å². The van der Waals surface area contributed by atoms with Gasteiger partial charge in [0.1, 0.15) is 5.54 Å². The van der Waals surface area contributed by atoms with Crippen molar-refractivity contribution >= 4 is 5.97 Å². The summed E-state index contributed by atoms with van der Waals surface area (Å²) in [7, 11) is 0. The maximum Gasteiger partial charge on any atom is 0.323 e. The number of nitrogens with one attached hydrogen (secondary N) is 1. The molecule has 4 heteroatoms. The molecule has 0 aliphatic carbocycles. The fourth-order valence-electron chi connectivity index (χ4n) is 1.76. The summed E-state index contributed by atoms with van der Waals surface area (Å²) >= 11 is 0. The number of hydrogen-bond acceptors (Lipinski definition) is 3. The summed E-state index contributed by atoms with van der Waals surface area (Å²) in [4.78, 5) is 11.3. The summed E-state index contributed by atoms with van der Waals surface area (Å²) in [6.07, 6.45) is 2.18. The minimum atomic E-state index is -0.783. The smallest absolute Gasteiger partial charge is 0.323 e. The molecule has 0 spiro atoms. The van der Waals surface area contributed by atoms with Crippen molar-refractivity contribution in [3.63, 3.8) is 0 Å². The Morgan fingerprint density at radius 2 is 2.06 bits per heavy atom. The van der Waals surface area contributed by atoms with Crippen molar-refractivity contribution in [2.75, 3.05) is 13.2 Å². The van der Waals surface area contributed by atoms with E-state index in [1.54, 1.807) is 0 Å². The minimum absolute atomic E-state index is 0.208. The predicted octanol–water partition coefficient (Wildman–Crippen LogP) is 2.03. The fraction of sp³-hybridized carbons (Fsp3) is 0.917. The van der Waals surface area contributed by atoms with Crippen LogP contribution >= 0.6 is 0 Å². The van der Waals surface area contributed by atoms with E-state index in [1.807, 2.05) is 27.7 Å². The molecule has 0 aromatic rings. The van der Waals surface area contributed by atoms with E-state index in [1.165, 1.54) is 0 Å². The summed E-state index contributed by atoms with van der Waals surface area (Å²) in [5.41, 5.74) is -0.783. The van der Waals surface area contributed by atoms with Gasteiger partial charge in [0.05, 0.1) is 6.10 Å². The molecule has 0 amide bonds. The summed E-state index contributed by atoms with van der Waals surface area (Å²) in [5.74, 6) is -0.763. The van der Waals surface area contributed by atoms with Crippen LogP contribution in [0.2, 0.25) is 0 Å². The standard InChI is InChI=1S/C12H25NO3/c1-5-12(11(14)15,13-6-2)8-7-9-16-10(3)4/h10,13H,5-9H2,1-4H3,(H,14,15). The SMILES string of the molecule is CCNC(CC)(CCCOC(C)C)C(=O)O. The van der Waals surface area contributed by atoms with Crippen LogP contribution in [-0.2, 0) is 9.53 Å². The van der Waals surface area contributed by atoms with E-state index >= 15 is 0 Å². The highest BCUT2D eigenvalue weighted by molar-refractivity contribution is 5.78. The Labute approximate surface area is 98.4 Å². The van der Waals surface area contributed by atoms with Crippen LogP contribution in [0.15, 0.2) is 0 Å². The molecule has 0 aromatic heterocycles. The van der Waals surface area contributed by atoms with Crippen LogP contribution in [0.1, 0.15) is 47.0 Å². The highest BCUT2D eigenvalue weighted by Crippen LogP contribution is 2.18. The Balaban J connectivity index is 4.15. The van der Waals surface area contributed by atoms with E-state index in [0.29, 0.717) is 26.0 Å². The molecule has 1 unspecified atom stereocenters. The third-order valence-electron chi connectivity index (χ3n) is 2.73. The molecule has 0 saturated carbocycles. The van der Waals surface area contributed by atoms with Gasteiger partial charge in [-0.1, -0.05) is 13.8 Å². The molecule has 0 saturated heterocycles. The number of rotatable bonds is 9. The molecule has 1 atom stereocenters. The van der Waals surface area contributed by atoms with Gasteiger partial charge in [-0.3, -0.25) is 4.79 Å². The van der Waals surface area contributed by atoms with Crippen LogP contribution in [0, 0.1) is 0 Å². The van der Waals surface area contributed by atoms with Crippen LogP contribution in [-0.4, -0.2) is 35.9 Å². The number of aliphatic carboxylic acids is 1. The van der Waals surface area contributed by atoms with Gasteiger partial charge in [0.2, 0.25) is 0 Å². The molecule has 0 rings (SSSR count). The van der Waals surface area contributed by atoms with Crippen LogP contribution < -0.4 is 5.32 Å². The first kappa shape index (κ1) is 15.4. The summed E-state index contributed by atoms with van der Waals surface area (Å²) in [6, 6.07) is 0. The van der Waals surface area contributed by atoms with E-state index in [2.05, 4.69) is 5.32 Å². The zero-order valence-electron chi connectivity index (χ0n) is 10.9. The van der Waals surface area contributed by atoms with Gasteiger partial charge in [-0.2, -0.15) is 0 Å². The van der Waals surface area contributed by atoms with Gasteiger partial charge in [-0.25, -0.2) is 0 Å². The van der Waals surface area contributed by atoms with Crippen molar-refractivity contribution in [3.05, 3.63) is 0 Å². The largest absolute Gasteiger partial charge is 0.480 e. The number of carbonyl (C=O) groups is 1. The zero-order chi connectivity index (χ0) is 12.6. The van der Waals surface area contributed by atoms with Crippen molar-refractivity contribution in [1.29, 1.82) is 0 Å². The average molecular weight is 231 g/mol. The highest BCUT2D eigenvalue weighted by Gasteiger charge is 2.34. The Kier molecular flexibility index (Phi) is 7.34. The normalized spacial score (nSPS) is 15.1. The van der Waals surface area contributed by atoms with Crippen molar-refractivity contribution in [1.82, 2.24) is 5.32 Å². The number of carboxylic acid groups (broad SMARTS) is 1. The molecule has 96 valence electrons. The highest BCUT2D eigenvalue weighted by atomic mass is 16.5. The van der Waals surface area contributed by atoms with E-state index in [9.17, 15) is 9.90 Å². The molecule has 0 aliphatic heterocycles. The maximum atomic E-state index is 11.3. The molecule has 0 radical (unpaired) electrons. The topological polar surface area (TPSA) is 58.6 Å². The van der Waals surface area contributed by atoms with E-state index in [0.717, 1.165) is 6.42 Å². The van der Waals surface area contributed by atoms with Crippen LogP contribution in [0.25, 0.3) is 0 Å². The van der Waals surface area contributed by atoms with Gasteiger partial charge >= 0.3 is 5.97 Å². The molecule has 16 heavy (non-hydrogen) atoms. The van der Waals surface area contributed by atoms with Crippen molar-refractivity contribution in [2.45, 2.75) is 58.6 Å². The molecular weight excluding hydrogens is 206 g/mol. The summed E-state index contributed by atoms with van der Waals surface area (Å²) in [5, 5.41) is 12.3. The van der Waals surface area contributed by atoms with E-state index in [-0.39, 0.29) is 6.10 Å². The van der Waals surface area contributed by atoms with Gasteiger partial charge in [-0.05, 0) is 39.7 Å². The van der Waals surface area contributed by atoms with E-state index in [4.69, 9.17) is 4.74 Å². The van der Waals surface area contributed by atoms with Crippen molar-refractivity contribution < 1.29 is 14.6 Å². The Hall–Kier alpha value is -0.610. The van der Waals surface area contributed by atoms with Crippen LogP contribution in [0.5, 0.6) is 0 Å². The van der Waals surface area contributed by atoms with Crippen molar-refractivity contribution in [2.24, 2.45) is 0 Å². The molecule has 0 bridgehead atoms. The van der Waals surface area contributed by atoms with Gasteiger partial charge < -0.3 is 15.2 Å². The second kappa shape index (κ2) is 7.63. The Morgan fingerprint density at radius 1 is 1.44 bits per heavy atom. The lowest BCUT2D eigenvalue weighted by Gasteiger charge is -2.29. The monoisotopic (exact) mass is 231 g/mol. The second-order valence-electron chi connectivity index (χ2n) is 4.29. The first-order valence-electron chi connectivity index (χ1n) is 6.08. The Morgan fingerprint density at radius 3 is 2.44 bits per heavy atom. The molecule has 2 N–H and O–H groups in total. The molecular formula is C12H25NO3. The van der Waals surface area contributed by atoms with Gasteiger partial charge in [-0.15, -0.1) is 0 Å². The zero-order valence-corrected chi connectivity index (χ0v) is 10.9. The first-order chi connectivity index (χ1) is 7.48. The molecule has 4 nitrogen and oxygen atoms in total. The van der Waals surface area contributed by atoms with E-state index < -0.39 is 11.5 Å². The number of likely N-dealkylation sites (N-methyl/N-ethyl adjacent to an activating group) is 1. The van der Waals surface area contributed by atoms with Crippen LogP contribution in [0.3, 0.4) is 0 Å². The first-order valence-corrected chi connectivity index (χ1v) is 6.08. The predicted molar refractivity (Wildman–Crippen MR) is 64.7 cm³/mol. The molecule has 0 aliphatic rings. The van der Waals surface area contributed by atoms with Crippen molar-refractivity contribution in [3.8, 4) is 0 Å². The quantitative estimate of drug-likeness (QED) is 0.596. The summed E-state index contributed by atoms with van der Waals surface area (Å²) in [6.45, 7) is 9.09. The van der Waals surface area contributed by atoms with Gasteiger partial charge in [0.15, 0.2) is 0 Å². The lowest BCUT2D eigenvalue weighted by atomic mass is 9.90. The van der Waals surface area contributed by atoms with Gasteiger partial charge in [0.25, 0.3) is 0 Å². The second-order valence-corrected chi connectivity index (χ2v) is 4.29. The molecule has 0 fully saturated rings. The number of ether oxygens (including phenoxy) is 1. The Bertz CT molecular complexity index is 206. The minimum Gasteiger partial charge on any atom is -0.480 e. The third-order valence-corrected chi connectivity index (χ3v) is 2.73. The van der Waals surface area contributed by atoms with Gasteiger partial charge in [0, 0.05) is 6.61 Å². The number of hydrogen-bond donors (Lipinski definition) is 2. The lowest BCUT2D eigenvalue weighted by Crippen LogP contribution is -2.51. The third kappa shape index (κ3) is 4.94. The molecule has 0 heterocycles. The maximum absolute atomic E-state index is 11.3.